The van der Waals surface area contributed by atoms with Crippen molar-refractivity contribution < 1.29 is 4.79 Å². The number of benzene rings is 1. The average molecular weight is 333 g/mol. The molecule has 0 saturated heterocycles. The second-order valence-corrected chi connectivity index (χ2v) is 7.14. The third-order valence-corrected chi connectivity index (χ3v) is 5.44. The second-order valence-electron chi connectivity index (χ2n) is 6.03. The summed E-state index contributed by atoms with van der Waals surface area (Å²) in [7, 11) is 0. The van der Waals surface area contributed by atoms with Crippen LogP contribution in [-0.2, 0) is 11.2 Å². The van der Waals surface area contributed by atoms with Gasteiger partial charge in [0, 0.05) is 29.1 Å². The zero-order chi connectivity index (χ0) is 16.7. The lowest BCUT2D eigenvalue weighted by Gasteiger charge is -2.21. The molecular formula is C19H28N2OS. The van der Waals surface area contributed by atoms with E-state index in [9.17, 15) is 4.79 Å². The van der Waals surface area contributed by atoms with Crippen molar-refractivity contribution in [3.63, 3.8) is 0 Å². The summed E-state index contributed by atoms with van der Waals surface area (Å²) in [6, 6.07) is 6.32. The first-order chi connectivity index (χ1) is 11.2. The number of nitrogen functional groups attached to an aromatic ring is 1. The number of carbonyl (C=O) groups excluding carboxylic acids is 1. The van der Waals surface area contributed by atoms with Crippen LogP contribution in [0.5, 0.6) is 0 Å². The Balaban J connectivity index is 2.19. The van der Waals surface area contributed by atoms with Crippen LogP contribution >= 0.6 is 11.8 Å². The number of allylic oxidation sites excluding steroid dienone is 1. The fraction of sp³-hybridized carbons (Fsp3) is 0.526. The van der Waals surface area contributed by atoms with E-state index >= 15 is 0 Å². The first-order valence-electron chi connectivity index (χ1n) is 8.55. The molecule has 3 nitrogen and oxygen atoms in total. The highest BCUT2D eigenvalue weighted by Crippen LogP contribution is 2.33. The smallest absolute Gasteiger partial charge is 0.147 e. The first kappa shape index (κ1) is 18.1. The van der Waals surface area contributed by atoms with Crippen molar-refractivity contribution in [2.45, 2.75) is 33.1 Å². The predicted octanol–water partition coefficient (Wildman–Crippen LogP) is 3.63. The van der Waals surface area contributed by atoms with Gasteiger partial charge in [0.1, 0.15) is 6.29 Å². The fourth-order valence-electron chi connectivity index (χ4n) is 3.07. The van der Waals surface area contributed by atoms with Gasteiger partial charge in [0.05, 0.1) is 0 Å². The van der Waals surface area contributed by atoms with Crippen LogP contribution in [0.15, 0.2) is 23.8 Å². The molecule has 1 aromatic rings. The van der Waals surface area contributed by atoms with Gasteiger partial charge >= 0.3 is 0 Å². The maximum absolute atomic E-state index is 11.3. The second kappa shape index (κ2) is 9.14. The molecule has 0 bridgehead atoms. The zero-order valence-corrected chi connectivity index (χ0v) is 15.1. The highest BCUT2D eigenvalue weighted by atomic mass is 32.2. The number of likely N-dealkylation sites (N-methyl/N-ethyl adjacent to an activating group) is 1. The summed E-state index contributed by atoms with van der Waals surface area (Å²) in [5, 5.41) is 0. The van der Waals surface area contributed by atoms with Gasteiger partial charge in [0.15, 0.2) is 0 Å². The monoisotopic (exact) mass is 332 g/mol. The van der Waals surface area contributed by atoms with Crippen molar-refractivity contribution in [2.24, 2.45) is 0 Å². The van der Waals surface area contributed by atoms with Crippen LogP contribution in [0.4, 0.5) is 5.69 Å². The molecular weight excluding hydrogens is 304 g/mol. The number of nitrogens with two attached hydrogens (primary N) is 1. The molecule has 0 radical (unpaired) electrons. The number of aldehydes is 1. The molecule has 0 saturated carbocycles. The van der Waals surface area contributed by atoms with E-state index in [0.29, 0.717) is 0 Å². The van der Waals surface area contributed by atoms with Crippen LogP contribution in [0, 0.1) is 0 Å². The summed E-state index contributed by atoms with van der Waals surface area (Å²) in [4.78, 5) is 13.8. The maximum Gasteiger partial charge on any atom is 0.147 e. The SMILES string of the molecule is CCCN(CC)CCc1ccc(N)c(C2=C(C=O)CSCC2)c1. The number of anilines is 1. The minimum atomic E-state index is 0.788. The Bertz CT molecular complexity index is 568. The third-order valence-electron chi connectivity index (χ3n) is 4.43. The molecule has 0 spiro atoms. The first-order valence-corrected chi connectivity index (χ1v) is 9.71. The van der Waals surface area contributed by atoms with E-state index in [2.05, 4.69) is 30.9 Å². The van der Waals surface area contributed by atoms with Gasteiger partial charge in [0.2, 0.25) is 0 Å². The molecule has 0 atom stereocenters. The molecule has 2 rings (SSSR count). The molecule has 23 heavy (non-hydrogen) atoms. The van der Waals surface area contributed by atoms with Gasteiger partial charge in [-0.05, 0) is 61.4 Å². The van der Waals surface area contributed by atoms with Gasteiger partial charge in [0.25, 0.3) is 0 Å². The quantitative estimate of drug-likeness (QED) is 0.583. The van der Waals surface area contributed by atoms with Crippen molar-refractivity contribution in [1.82, 2.24) is 4.90 Å². The lowest BCUT2D eigenvalue weighted by molar-refractivity contribution is -0.104. The van der Waals surface area contributed by atoms with Crippen molar-refractivity contribution in [3.05, 3.63) is 34.9 Å². The van der Waals surface area contributed by atoms with E-state index < -0.39 is 0 Å². The standard InChI is InChI=1S/C19H28N2OS/c1-3-9-21(4-2)10-7-15-5-6-19(20)18(12-15)17-8-11-23-14-16(17)13-22/h5-6,12-13H,3-4,7-11,14,20H2,1-2H3. The number of hydrogen-bond donors (Lipinski definition) is 1. The molecule has 0 unspecified atom stereocenters. The van der Waals surface area contributed by atoms with E-state index in [1.807, 2.05) is 17.8 Å². The summed E-state index contributed by atoms with van der Waals surface area (Å²) < 4.78 is 0. The summed E-state index contributed by atoms with van der Waals surface area (Å²) in [6.07, 6.45) is 4.16. The summed E-state index contributed by atoms with van der Waals surface area (Å²) >= 11 is 1.82. The number of rotatable bonds is 8. The topological polar surface area (TPSA) is 46.3 Å². The van der Waals surface area contributed by atoms with Gasteiger partial charge in [-0.15, -0.1) is 0 Å². The minimum Gasteiger partial charge on any atom is -0.398 e. The summed E-state index contributed by atoms with van der Waals surface area (Å²) in [5.74, 6) is 1.87. The zero-order valence-electron chi connectivity index (χ0n) is 14.3. The van der Waals surface area contributed by atoms with E-state index in [0.717, 1.165) is 72.7 Å². The molecule has 1 aliphatic rings. The highest BCUT2D eigenvalue weighted by Gasteiger charge is 2.16. The Labute approximate surface area is 144 Å². The van der Waals surface area contributed by atoms with Crippen molar-refractivity contribution in [1.29, 1.82) is 0 Å². The molecule has 0 fully saturated rings. The molecule has 1 heterocycles. The third kappa shape index (κ3) is 4.85. The summed E-state index contributed by atoms with van der Waals surface area (Å²) in [5.41, 5.74) is 11.4. The number of carbonyl (C=O) groups is 1. The van der Waals surface area contributed by atoms with Gasteiger partial charge < -0.3 is 10.6 Å². The molecule has 0 amide bonds. The number of nitrogens with zero attached hydrogens (tertiary/aromatic N) is 1. The van der Waals surface area contributed by atoms with E-state index in [4.69, 9.17) is 5.73 Å². The number of hydrogen-bond acceptors (Lipinski definition) is 4. The van der Waals surface area contributed by atoms with Gasteiger partial charge in [-0.3, -0.25) is 4.79 Å². The van der Waals surface area contributed by atoms with Crippen LogP contribution in [0.25, 0.3) is 5.57 Å². The molecule has 1 aliphatic heterocycles. The lowest BCUT2D eigenvalue weighted by atomic mass is 9.94. The van der Waals surface area contributed by atoms with Crippen molar-refractivity contribution in [2.75, 3.05) is 36.9 Å². The van der Waals surface area contributed by atoms with E-state index in [1.54, 1.807) is 0 Å². The van der Waals surface area contributed by atoms with Gasteiger partial charge in [-0.2, -0.15) is 11.8 Å². The van der Waals surface area contributed by atoms with Crippen LogP contribution in [0.1, 0.15) is 37.8 Å². The fourth-order valence-corrected chi connectivity index (χ4v) is 4.02. The Morgan fingerprint density at radius 3 is 2.83 bits per heavy atom. The Hall–Kier alpha value is -1.26. The predicted molar refractivity (Wildman–Crippen MR) is 102 cm³/mol. The molecule has 4 heteroatoms. The molecule has 126 valence electrons. The highest BCUT2D eigenvalue weighted by molar-refractivity contribution is 7.99. The maximum atomic E-state index is 11.3. The minimum absolute atomic E-state index is 0.788. The van der Waals surface area contributed by atoms with Crippen LogP contribution in [0.3, 0.4) is 0 Å². The van der Waals surface area contributed by atoms with Gasteiger partial charge in [-0.25, -0.2) is 0 Å². The Morgan fingerprint density at radius 2 is 2.13 bits per heavy atom. The largest absolute Gasteiger partial charge is 0.398 e. The van der Waals surface area contributed by atoms with E-state index in [1.165, 1.54) is 12.0 Å². The van der Waals surface area contributed by atoms with Crippen LogP contribution in [-0.4, -0.2) is 42.3 Å². The molecule has 0 aliphatic carbocycles. The molecule has 2 N–H and O–H groups in total. The van der Waals surface area contributed by atoms with Gasteiger partial charge in [-0.1, -0.05) is 19.9 Å². The lowest BCUT2D eigenvalue weighted by Crippen LogP contribution is -2.26. The normalized spacial score (nSPS) is 15.3. The number of thioether (sulfide) groups is 1. The Morgan fingerprint density at radius 1 is 1.30 bits per heavy atom. The van der Waals surface area contributed by atoms with Crippen LogP contribution in [0.2, 0.25) is 0 Å². The molecule has 1 aromatic carbocycles. The average Bonchev–Trinajstić information content (AvgIpc) is 2.59. The van der Waals surface area contributed by atoms with Crippen molar-refractivity contribution >= 4 is 29.3 Å². The van der Waals surface area contributed by atoms with E-state index in [-0.39, 0.29) is 0 Å². The van der Waals surface area contributed by atoms with Crippen LogP contribution < -0.4 is 5.73 Å². The Kier molecular flexibility index (Phi) is 7.18. The van der Waals surface area contributed by atoms with Crippen molar-refractivity contribution in [3.8, 4) is 0 Å². The summed E-state index contributed by atoms with van der Waals surface area (Å²) in [6.45, 7) is 7.75. The molecule has 0 aromatic heterocycles.